The molecule has 13 amide bonds. The van der Waals surface area contributed by atoms with E-state index in [0.29, 0.717) is 58.0 Å². The molecule has 2 saturated heterocycles. The van der Waals surface area contributed by atoms with Crippen LogP contribution in [0.1, 0.15) is 195 Å². The van der Waals surface area contributed by atoms with Crippen molar-refractivity contribution in [1.82, 2.24) is 64.9 Å². The first-order chi connectivity index (χ1) is 50.4. The minimum Gasteiger partial charge on any atom is -0.370 e. The molecule has 606 valence electrons. The first-order valence-corrected chi connectivity index (χ1v) is 39.6. The topological polar surface area (TPSA) is 300 Å². The lowest BCUT2D eigenvalue weighted by Crippen LogP contribution is -2.64. The van der Waals surface area contributed by atoms with E-state index in [4.69, 9.17) is 16.3 Å². The van der Waals surface area contributed by atoms with Gasteiger partial charge in [-0.05, 0) is 119 Å². The fourth-order valence-corrected chi connectivity index (χ4v) is 17.0. The Morgan fingerprint density at radius 3 is 1.79 bits per heavy atom. The number of hydrogen-bond acceptors (Lipinski definition) is 14. The van der Waals surface area contributed by atoms with Crippen LogP contribution in [0.5, 0.6) is 0 Å². The second-order valence-corrected chi connectivity index (χ2v) is 32.8. The Balaban J connectivity index is 1.46. The Bertz CT molecular complexity index is 3070. The zero-order chi connectivity index (χ0) is 79.4. The molecule has 31 heteroatoms. The van der Waals surface area contributed by atoms with Gasteiger partial charge in [-0.1, -0.05) is 98.3 Å². The number of halogens is 4. The quantitative estimate of drug-likeness (QED) is 0.128. The zero-order valence-electron chi connectivity index (χ0n) is 66.0. The molecular weight excluding hydrogens is 1410 g/mol. The summed E-state index contributed by atoms with van der Waals surface area (Å²) in [6, 6.07) is -7.73. The van der Waals surface area contributed by atoms with Crippen molar-refractivity contribution in [2.75, 3.05) is 122 Å². The second-order valence-electron chi connectivity index (χ2n) is 32.2. The number of hydrogen-bond donors (Lipinski definition) is 3. The highest BCUT2D eigenvalue weighted by atomic mass is 35.5. The summed E-state index contributed by atoms with van der Waals surface area (Å²) in [5, 5.41) is 7.40. The van der Waals surface area contributed by atoms with Gasteiger partial charge >= 0.3 is 6.18 Å². The van der Waals surface area contributed by atoms with E-state index in [-0.39, 0.29) is 82.8 Å². The molecule has 10 atom stereocenters. The maximum absolute atomic E-state index is 15.9. The van der Waals surface area contributed by atoms with Gasteiger partial charge in [-0.15, -0.1) is 11.6 Å². The van der Waals surface area contributed by atoms with E-state index >= 15 is 28.8 Å². The van der Waals surface area contributed by atoms with Gasteiger partial charge in [0.25, 0.3) is 0 Å². The number of likely N-dealkylation sites (N-methyl/N-ethyl adjacent to an activating group) is 8. The SMILES string of the molecule is CC[C@H](C)[C@@H]1NC(=O)[C@H](CC(C)C)N(C)C(=O)C[C@@H](C(=O)N2CCCCC2)N(C)C(=O)[C@H](C2CCCCC2)N(C)C(=O)C2(CCCC2)NC(=O)CN(CCOCC(=O)N(C)C)C(=O)[C@H](CCC2CCC(C(F)(F)F)C(Cl)C2)NC(=O)CN(C)C(=O)[C@H](CC2CCCCC2)N(C)C(=O)CN(C)C(=O)CN(C)C1=O. The maximum atomic E-state index is 15.9. The lowest BCUT2D eigenvalue weighted by molar-refractivity contribution is -0.182. The predicted octanol–water partition coefficient (Wildman–Crippen LogP) is 5.43. The number of carbonyl (C=O) groups is 13. The summed E-state index contributed by atoms with van der Waals surface area (Å²) >= 11 is 6.43. The van der Waals surface area contributed by atoms with Crippen LogP contribution in [0.25, 0.3) is 0 Å². The molecule has 6 aliphatic rings. The Labute approximate surface area is 636 Å². The Morgan fingerprint density at radius 2 is 1.21 bits per heavy atom. The van der Waals surface area contributed by atoms with E-state index in [2.05, 4.69) is 16.0 Å². The van der Waals surface area contributed by atoms with Crippen LogP contribution in [-0.2, 0) is 67.1 Å². The minimum absolute atomic E-state index is 0.00548. The van der Waals surface area contributed by atoms with Crippen LogP contribution < -0.4 is 16.0 Å². The van der Waals surface area contributed by atoms with Crippen LogP contribution >= 0.6 is 11.6 Å². The molecule has 1 spiro atoms. The molecule has 0 aromatic carbocycles. The summed E-state index contributed by atoms with van der Waals surface area (Å²) in [4.78, 5) is 206. The number of likely N-dealkylation sites (tertiary alicyclic amines) is 1. The van der Waals surface area contributed by atoms with E-state index in [1.54, 1.807) is 11.8 Å². The van der Waals surface area contributed by atoms with Crippen molar-refractivity contribution in [2.45, 2.75) is 248 Å². The van der Waals surface area contributed by atoms with Gasteiger partial charge in [-0.3, -0.25) is 62.3 Å². The first kappa shape index (κ1) is 89.0. The third-order valence-electron chi connectivity index (χ3n) is 23.5. The van der Waals surface area contributed by atoms with E-state index < -0.39 is 193 Å². The lowest BCUT2D eigenvalue weighted by Gasteiger charge is -2.43. The van der Waals surface area contributed by atoms with Crippen molar-refractivity contribution in [3.8, 4) is 0 Å². The number of carbonyl (C=O) groups excluding carboxylic acids is 13. The van der Waals surface area contributed by atoms with Crippen molar-refractivity contribution in [3.63, 3.8) is 0 Å². The van der Waals surface area contributed by atoms with Crippen molar-refractivity contribution >= 4 is 88.4 Å². The lowest BCUT2D eigenvalue weighted by atomic mass is 9.78. The van der Waals surface area contributed by atoms with Crippen LogP contribution in [0.4, 0.5) is 13.2 Å². The largest absolute Gasteiger partial charge is 0.393 e. The molecule has 4 aliphatic carbocycles. The smallest absolute Gasteiger partial charge is 0.370 e. The van der Waals surface area contributed by atoms with Gasteiger partial charge in [0.05, 0.1) is 45.1 Å². The molecule has 107 heavy (non-hydrogen) atoms. The first-order valence-electron chi connectivity index (χ1n) is 39.2. The molecule has 0 aromatic heterocycles. The van der Waals surface area contributed by atoms with Gasteiger partial charge in [0.2, 0.25) is 76.8 Å². The highest BCUT2D eigenvalue weighted by Gasteiger charge is 2.51. The number of amides is 13. The predicted molar refractivity (Wildman–Crippen MR) is 396 cm³/mol. The van der Waals surface area contributed by atoms with Gasteiger partial charge in [0.15, 0.2) is 0 Å². The van der Waals surface area contributed by atoms with E-state index in [9.17, 15) is 46.7 Å². The van der Waals surface area contributed by atoms with Gasteiger partial charge in [0.1, 0.15) is 48.4 Å². The van der Waals surface area contributed by atoms with Crippen molar-refractivity contribution < 1.29 is 80.2 Å². The van der Waals surface area contributed by atoms with E-state index in [1.165, 1.54) is 87.9 Å². The molecule has 6 rings (SSSR count). The normalized spacial score (nSPS) is 27.7. The highest BCUT2D eigenvalue weighted by Crippen LogP contribution is 2.44. The fraction of sp³-hybridized carbons (Fsp3) is 0.829. The van der Waals surface area contributed by atoms with Crippen molar-refractivity contribution in [1.29, 1.82) is 0 Å². The van der Waals surface area contributed by atoms with Gasteiger partial charge in [-0.25, -0.2) is 0 Å². The van der Waals surface area contributed by atoms with Crippen LogP contribution in [0, 0.1) is 35.5 Å². The molecule has 4 saturated carbocycles. The van der Waals surface area contributed by atoms with E-state index in [1.807, 2.05) is 20.8 Å². The molecule has 6 fully saturated rings. The molecule has 2 aliphatic heterocycles. The molecule has 0 radical (unpaired) electrons. The average molecular weight is 1540 g/mol. The number of alkyl halides is 4. The Hall–Kier alpha value is -6.85. The summed E-state index contributed by atoms with van der Waals surface area (Å²) in [5.41, 5.74) is -1.65. The summed E-state index contributed by atoms with van der Waals surface area (Å²) in [6.45, 7) is 4.44. The van der Waals surface area contributed by atoms with Gasteiger partial charge in [-0.2, -0.15) is 13.2 Å². The number of nitrogens with one attached hydrogen (secondary N) is 3. The molecule has 27 nitrogen and oxygen atoms in total. The van der Waals surface area contributed by atoms with Crippen LogP contribution in [-0.4, -0.2) is 302 Å². The molecule has 2 heterocycles. The third-order valence-corrected chi connectivity index (χ3v) is 24.0. The van der Waals surface area contributed by atoms with Crippen molar-refractivity contribution in [2.24, 2.45) is 35.5 Å². The van der Waals surface area contributed by atoms with Crippen LogP contribution in [0.15, 0.2) is 0 Å². The molecular formula is C76H125ClF3N13O14. The second kappa shape index (κ2) is 41.3. The summed E-state index contributed by atoms with van der Waals surface area (Å²) < 4.78 is 48.1. The Morgan fingerprint density at radius 1 is 0.617 bits per heavy atom. The van der Waals surface area contributed by atoms with E-state index in [0.717, 1.165) is 77.4 Å². The maximum Gasteiger partial charge on any atom is 0.393 e. The third kappa shape index (κ3) is 24.8. The highest BCUT2D eigenvalue weighted by molar-refractivity contribution is 6.21. The van der Waals surface area contributed by atoms with Crippen molar-refractivity contribution in [3.05, 3.63) is 0 Å². The summed E-state index contributed by atoms with van der Waals surface area (Å²) in [5.74, 6) is -11.9. The number of rotatable bonds is 16. The summed E-state index contributed by atoms with van der Waals surface area (Å²) in [6.07, 6.45) is 6.20. The minimum atomic E-state index is -4.55. The monoisotopic (exact) mass is 1540 g/mol. The zero-order valence-corrected chi connectivity index (χ0v) is 66.7. The van der Waals surface area contributed by atoms with Crippen LogP contribution in [0.2, 0.25) is 0 Å². The fourth-order valence-electron chi connectivity index (χ4n) is 16.4. The Kier molecular flexibility index (Phi) is 34.3. The molecule has 3 unspecified atom stereocenters. The number of ether oxygens (including phenoxy) is 1. The molecule has 3 N–H and O–H groups in total. The van der Waals surface area contributed by atoms with Gasteiger partial charge in [0, 0.05) is 88.4 Å². The number of piperidine rings is 1. The number of nitrogens with zero attached hydrogens (tertiary/aromatic N) is 10. The average Bonchev–Trinajstić information content (AvgIpc) is 1.69. The van der Waals surface area contributed by atoms with Crippen LogP contribution in [0.3, 0.4) is 0 Å². The summed E-state index contributed by atoms with van der Waals surface area (Å²) in [7, 11) is 13.0. The molecule has 0 aromatic rings. The molecule has 0 bridgehead atoms. The van der Waals surface area contributed by atoms with Gasteiger partial charge < -0.3 is 69.7 Å². The standard InChI is InChI=1S/C76H125ClF3N13O14/c1-14-50(4)66-72(104)87(9)46-63(97)85(7)47-64(98)89(11)58(42-51-26-18-15-19-27-51)70(102)86(8)44-60(94)81-56(33-31-52-30-32-54(55(77)41-52)76(78,79)80)69(101)93(38-39-107-48-65(99)84(5)6)45-61(95)83-75(34-22-23-35-75)74(106)91(13)67(53-28-20-16-21-29-53)73(105)90(12)59(71(103)92-36-24-17-25-37-92)43-62(96)88(10)57(40-49(2)3)68(100)82-66/h49-59,66-67H,14-48H2,1-13H3,(H,81,94)(H,82,100)(H,83,95)/t50-,52?,54?,55?,56-,57-,58-,59-,66-,67-/m0/s1.